The van der Waals surface area contributed by atoms with Gasteiger partial charge in [-0.05, 0) is 56.8 Å². The number of nitrogens with one attached hydrogen (secondary N) is 2. The molecule has 1 fully saturated rings. The zero-order chi connectivity index (χ0) is 19.5. The number of halogens is 1. The lowest BCUT2D eigenvalue weighted by atomic mass is 9.72. The molecule has 3 N–H and O–H groups in total. The topological polar surface area (TPSA) is 59.9 Å². The average molecular weight is 502 g/mol. The molecule has 0 radical (unpaired) electrons. The van der Waals surface area contributed by atoms with Crippen LogP contribution in [0.25, 0.3) is 0 Å². The van der Waals surface area contributed by atoms with Crippen molar-refractivity contribution in [1.82, 2.24) is 15.5 Å². The fraction of sp³-hybridized carbons (Fsp3) is 0.682. The molecule has 0 saturated heterocycles. The fourth-order valence-electron chi connectivity index (χ4n) is 3.95. The van der Waals surface area contributed by atoms with Crippen LogP contribution in [0, 0.1) is 5.41 Å². The van der Waals surface area contributed by atoms with Crippen LogP contribution in [-0.2, 0) is 13.1 Å². The molecule has 28 heavy (non-hydrogen) atoms. The van der Waals surface area contributed by atoms with E-state index in [1.807, 2.05) is 0 Å². The van der Waals surface area contributed by atoms with Gasteiger partial charge in [-0.3, -0.25) is 0 Å². The summed E-state index contributed by atoms with van der Waals surface area (Å²) < 4.78 is 0. The van der Waals surface area contributed by atoms with Crippen molar-refractivity contribution in [3.05, 3.63) is 35.4 Å². The minimum atomic E-state index is 0. The van der Waals surface area contributed by atoms with Gasteiger partial charge < -0.3 is 20.6 Å². The molecular weight excluding hydrogens is 463 g/mol. The molecule has 0 unspecified atom stereocenters. The van der Waals surface area contributed by atoms with Crippen LogP contribution in [-0.4, -0.2) is 49.8 Å². The molecule has 0 bridgehead atoms. The van der Waals surface area contributed by atoms with Gasteiger partial charge in [-0.25, -0.2) is 4.99 Å². The summed E-state index contributed by atoms with van der Waals surface area (Å²) in [7, 11) is 4.17. The third-order valence-corrected chi connectivity index (χ3v) is 5.47. The highest BCUT2D eigenvalue weighted by Gasteiger charge is 2.31. The van der Waals surface area contributed by atoms with Crippen molar-refractivity contribution in [3.63, 3.8) is 0 Å². The molecule has 5 nitrogen and oxygen atoms in total. The van der Waals surface area contributed by atoms with Gasteiger partial charge in [-0.1, -0.05) is 43.5 Å². The molecule has 1 aromatic rings. The molecule has 0 aliphatic heterocycles. The van der Waals surface area contributed by atoms with Crippen LogP contribution in [0.1, 0.15) is 56.6 Å². The summed E-state index contributed by atoms with van der Waals surface area (Å²) in [4.78, 5) is 6.95. The van der Waals surface area contributed by atoms with Gasteiger partial charge in [0.25, 0.3) is 0 Å². The Morgan fingerprint density at radius 1 is 1.07 bits per heavy atom. The summed E-state index contributed by atoms with van der Waals surface area (Å²) in [5.74, 6) is 0.873. The zero-order valence-corrected chi connectivity index (χ0v) is 20.2. The highest BCUT2D eigenvalue weighted by Crippen LogP contribution is 2.38. The van der Waals surface area contributed by atoms with Gasteiger partial charge in [0.1, 0.15) is 0 Å². The Hall–Kier alpha value is -0.860. The highest BCUT2D eigenvalue weighted by atomic mass is 127. The van der Waals surface area contributed by atoms with Crippen LogP contribution < -0.4 is 10.6 Å². The van der Waals surface area contributed by atoms with Gasteiger partial charge >= 0.3 is 0 Å². The second kappa shape index (κ2) is 13.4. The van der Waals surface area contributed by atoms with Crippen molar-refractivity contribution >= 4 is 29.9 Å². The predicted molar refractivity (Wildman–Crippen MR) is 129 cm³/mol. The lowest BCUT2D eigenvalue weighted by molar-refractivity contribution is 0.131. The van der Waals surface area contributed by atoms with Crippen LogP contribution in [0.2, 0.25) is 0 Å². The monoisotopic (exact) mass is 502 g/mol. The first-order valence-corrected chi connectivity index (χ1v) is 10.4. The first-order chi connectivity index (χ1) is 13.1. The van der Waals surface area contributed by atoms with Crippen LogP contribution in [0.15, 0.2) is 29.3 Å². The van der Waals surface area contributed by atoms with E-state index in [0.717, 1.165) is 32.0 Å². The summed E-state index contributed by atoms with van der Waals surface area (Å²) in [6.45, 7) is 5.74. The Morgan fingerprint density at radius 3 is 2.29 bits per heavy atom. The van der Waals surface area contributed by atoms with Gasteiger partial charge in [0, 0.05) is 26.2 Å². The number of nitrogens with zero attached hydrogens (tertiary/aromatic N) is 2. The van der Waals surface area contributed by atoms with Gasteiger partial charge in [0.05, 0.1) is 6.54 Å². The van der Waals surface area contributed by atoms with Crippen molar-refractivity contribution in [3.8, 4) is 0 Å². The smallest absolute Gasteiger partial charge is 0.191 e. The third kappa shape index (κ3) is 8.66. The maximum Gasteiger partial charge on any atom is 0.191 e. The van der Waals surface area contributed by atoms with E-state index in [1.165, 1.54) is 43.2 Å². The minimum Gasteiger partial charge on any atom is -0.396 e. The molecule has 1 aliphatic carbocycles. The van der Waals surface area contributed by atoms with Gasteiger partial charge in [-0.15, -0.1) is 24.0 Å². The molecule has 2 rings (SSSR count). The van der Waals surface area contributed by atoms with E-state index >= 15 is 0 Å². The molecule has 0 atom stereocenters. The average Bonchev–Trinajstić information content (AvgIpc) is 2.66. The summed E-state index contributed by atoms with van der Waals surface area (Å²) >= 11 is 0. The van der Waals surface area contributed by atoms with Gasteiger partial charge in [0.15, 0.2) is 5.96 Å². The number of hydrogen-bond acceptors (Lipinski definition) is 3. The number of aliphatic imine (C=N–C) groups is 1. The Bertz CT molecular complexity index is 563. The number of benzene rings is 1. The van der Waals surface area contributed by atoms with Crippen LogP contribution in [0.4, 0.5) is 0 Å². The molecule has 0 amide bonds. The first kappa shape index (κ1) is 25.2. The number of aliphatic hydroxyl groups excluding tert-OH is 1. The largest absolute Gasteiger partial charge is 0.396 e. The lowest BCUT2D eigenvalue weighted by Gasteiger charge is -2.37. The number of rotatable bonds is 9. The number of hydrogen-bond donors (Lipinski definition) is 3. The molecule has 1 aliphatic rings. The Balaban J connectivity index is 0.00000392. The SMILES string of the molecule is CCNC(=NCc1ccc(CN(C)C)cc1)NCC1(CCO)CCCCC1.I. The molecule has 0 aromatic heterocycles. The fourth-order valence-corrected chi connectivity index (χ4v) is 3.95. The van der Waals surface area contributed by atoms with E-state index in [2.05, 4.69) is 60.8 Å². The molecule has 0 heterocycles. The molecule has 1 aromatic carbocycles. The van der Waals surface area contributed by atoms with Crippen molar-refractivity contribution in [2.24, 2.45) is 10.4 Å². The van der Waals surface area contributed by atoms with Crippen LogP contribution in [0.3, 0.4) is 0 Å². The zero-order valence-electron chi connectivity index (χ0n) is 17.8. The maximum absolute atomic E-state index is 9.50. The van der Waals surface area contributed by atoms with Gasteiger partial charge in [-0.2, -0.15) is 0 Å². The number of guanidine groups is 1. The molecule has 0 spiro atoms. The van der Waals surface area contributed by atoms with Crippen LogP contribution >= 0.6 is 24.0 Å². The Morgan fingerprint density at radius 2 is 1.71 bits per heavy atom. The summed E-state index contributed by atoms with van der Waals surface area (Å²) in [6, 6.07) is 8.70. The van der Waals surface area contributed by atoms with E-state index in [-0.39, 0.29) is 36.0 Å². The molecule has 160 valence electrons. The summed E-state index contributed by atoms with van der Waals surface area (Å²) in [5, 5.41) is 16.4. The second-order valence-electron chi connectivity index (χ2n) is 8.14. The normalized spacial score (nSPS) is 16.5. The highest BCUT2D eigenvalue weighted by molar-refractivity contribution is 14.0. The van der Waals surface area contributed by atoms with E-state index < -0.39 is 0 Å². The lowest BCUT2D eigenvalue weighted by Crippen LogP contribution is -2.44. The minimum absolute atomic E-state index is 0. The first-order valence-electron chi connectivity index (χ1n) is 10.4. The van der Waals surface area contributed by atoms with Crippen molar-refractivity contribution in [1.29, 1.82) is 0 Å². The van der Waals surface area contributed by atoms with E-state index in [1.54, 1.807) is 0 Å². The quantitative estimate of drug-likeness (QED) is 0.274. The van der Waals surface area contributed by atoms with Crippen molar-refractivity contribution < 1.29 is 5.11 Å². The molecule has 1 saturated carbocycles. The summed E-state index contributed by atoms with van der Waals surface area (Å²) in [5.41, 5.74) is 2.76. The second-order valence-corrected chi connectivity index (χ2v) is 8.14. The third-order valence-electron chi connectivity index (χ3n) is 5.47. The van der Waals surface area contributed by atoms with E-state index in [0.29, 0.717) is 6.54 Å². The van der Waals surface area contributed by atoms with Gasteiger partial charge in [0.2, 0.25) is 0 Å². The number of aliphatic hydroxyl groups is 1. The maximum atomic E-state index is 9.50. The molecular formula is C22H39IN4O. The predicted octanol–water partition coefficient (Wildman–Crippen LogP) is 3.75. The standard InChI is InChI=1S/C22H38N4O.HI/c1-4-23-21(25-18-22(14-15-27)12-6-5-7-13-22)24-16-19-8-10-20(11-9-19)17-26(2)3;/h8-11,27H,4-7,12-18H2,1-3H3,(H2,23,24,25);1H. The summed E-state index contributed by atoms with van der Waals surface area (Å²) in [6.07, 6.45) is 7.15. The van der Waals surface area contributed by atoms with Crippen molar-refractivity contribution in [2.45, 2.75) is 58.5 Å². The van der Waals surface area contributed by atoms with E-state index in [9.17, 15) is 5.11 Å². The van der Waals surface area contributed by atoms with E-state index in [4.69, 9.17) is 4.99 Å². The molecule has 6 heteroatoms. The Kier molecular flexibility index (Phi) is 12.0. The van der Waals surface area contributed by atoms with Crippen molar-refractivity contribution in [2.75, 3.05) is 33.8 Å². The van der Waals surface area contributed by atoms with Crippen LogP contribution in [0.5, 0.6) is 0 Å². The Labute approximate surface area is 188 Å².